The highest BCUT2D eigenvalue weighted by atomic mass is 35.5. The van der Waals surface area contributed by atoms with Gasteiger partial charge in [-0.2, -0.15) is 4.99 Å². The van der Waals surface area contributed by atoms with Crippen molar-refractivity contribution in [1.29, 1.82) is 0 Å². The molecular weight excluding hydrogens is 395 g/mol. The van der Waals surface area contributed by atoms with Crippen LogP contribution in [-0.2, 0) is 19.4 Å². The van der Waals surface area contributed by atoms with Gasteiger partial charge in [-0.3, -0.25) is 4.79 Å². The Kier molecular flexibility index (Phi) is 5.13. The summed E-state index contributed by atoms with van der Waals surface area (Å²) in [5, 5.41) is 1.10. The Hall–Kier alpha value is -0.800. The van der Waals surface area contributed by atoms with Crippen LogP contribution in [0.15, 0.2) is 23.2 Å². The van der Waals surface area contributed by atoms with E-state index in [1.54, 1.807) is 23.1 Å². The number of nitrogens with zero attached hydrogens (tertiary/aromatic N) is 2. The zero-order valence-corrected chi connectivity index (χ0v) is 15.8. The molecule has 0 N–H and O–H groups in total. The van der Waals surface area contributed by atoms with Crippen molar-refractivity contribution in [3.05, 3.63) is 28.2 Å². The average molecular weight is 409 g/mol. The largest absolute Gasteiger partial charge is 0.375 e. The minimum atomic E-state index is -3.13. The van der Waals surface area contributed by atoms with E-state index in [0.29, 0.717) is 20.9 Å². The van der Waals surface area contributed by atoms with Crippen molar-refractivity contribution in [1.82, 2.24) is 0 Å². The number of sulfone groups is 1. The number of amides is 1. The molecule has 0 unspecified atom stereocenters. The van der Waals surface area contributed by atoms with E-state index in [2.05, 4.69) is 4.99 Å². The lowest BCUT2D eigenvalue weighted by Gasteiger charge is -2.25. The maximum Gasteiger partial charge on any atom is 0.274 e. The van der Waals surface area contributed by atoms with Crippen molar-refractivity contribution in [2.75, 3.05) is 30.1 Å². The van der Waals surface area contributed by atoms with Crippen molar-refractivity contribution in [3.63, 3.8) is 0 Å². The first kappa shape index (κ1) is 18.0. The number of aliphatic imine (C=N–C) groups is 1. The number of benzene rings is 1. The Morgan fingerprint density at radius 3 is 2.83 bits per heavy atom. The third kappa shape index (κ3) is 3.57. The van der Waals surface area contributed by atoms with Gasteiger partial charge in [-0.05, 0) is 18.2 Å². The molecule has 6 nitrogen and oxygen atoms in total. The van der Waals surface area contributed by atoms with Gasteiger partial charge >= 0.3 is 0 Å². The highest BCUT2D eigenvalue weighted by molar-refractivity contribution is 8.16. The van der Waals surface area contributed by atoms with Crippen molar-refractivity contribution in [2.24, 2.45) is 4.99 Å². The number of hydrogen-bond donors (Lipinski definition) is 0. The van der Waals surface area contributed by atoms with Crippen LogP contribution in [0, 0.1) is 0 Å². The Morgan fingerprint density at radius 1 is 1.42 bits per heavy atom. The number of ether oxygens (including phenoxy) is 1. The van der Waals surface area contributed by atoms with Crippen molar-refractivity contribution >= 4 is 61.6 Å². The van der Waals surface area contributed by atoms with Crippen LogP contribution in [0.3, 0.4) is 0 Å². The van der Waals surface area contributed by atoms with Gasteiger partial charge in [0.05, 0.1) is 28.3 Å². The first-order chi connectivity index (χ1) is 11.3. The van der Waals surface area contributed by atoms with Gasteiger partial charge in [0.1, 0.15) is 6.61 Å². The SMILES string of the molecule is COCC(=O)N=C1S[C@H]2CS(=O)(=O)C[C@H]2N1c1ccc(Cl)cc1Cl. The number of methoxy groups -OCH3 is 1. The molecule has 0 saturated carbocycles. The van der Waals surface area contributed by atoms with Crippen molar-refractivity contribution < 1.29 is 17.9 Å². The molecule has 24 heavy (non-hydrogen) atoms. The number of rotatable bonds is 3. The van der Waals surface area contributed by atoms with Gasteiger partial charge in [0.2, 0.25) is 0 Å². The molecule has 0 aromatic heterocycles. The van der Waals surface area contributed by atoms with Crippen LogP contribution in [0.5, 0.6) is 0 Å². The fourth-order valence-corrected chi connectivity index (χ4v) is 7.21. The van der Waals surface area contributed by atoms with E-state index in [0.717, 1.165) is 0 Å². The smallest absolute Gasteiger partial charge is 0.274 e. The highest BCUT2D eigenvalue weighted by Crippen LogP contribution is 2.43. The minimum absolute atomic E-state index is 0.00110. The van der Waals surface area contributed by atoms with Gasteiger partial charge in [-0.15, -0.1) is 0 Å². The standard InChI is InChI=1S/C14H14Cl2N2O4S2/c1-22-5-13(19)17-14-18(10-3-2-8(15)4-9(10)16)11-6-24(20,21)7-12(11)23-14/h2-4,11-12H,5-7H2,1H3/t11-,12+/m1/s1. The van der Waals surface area contributed by atoms with E-state index >= 15 is 0 Å². The highest BCUT2D eigenvalue weighted by Gasteiger charge is 2.49. The molecule has 2 heterocycles. The molecule has 3 rings (SSSR count). The Balaban J connectivity index is 2.03. The summed E-state index contributed by atoms with van der Waals surface area (Å²) in [6.07, 6.45) is 0. The maximum atomic E-state index is 12.0. The monoisotopic (exact) mass is 408 g/mol. The van der Waals surface area contributed by atoms with Crippen LogP contribution in [0.25, 0.3) is 0 Å². The molecule has 1 aromatic carbocycles. The lowest BCUT2D eigenvalue weighted by molar-refractivity contribution is -0.121. The molecule has 2 aliphatic heterocycles. The molecule has 2 aliphatic rings. The van der Waals surface area contributed by atoms with Crippen LogP contribution in [0.2, 0.25) is 10.0 Å². The van der Waals surface area contributed by atoms with E-state index in [1.807, 2.05) is 0 Å². The molecule has 0 radical (unpaired) electrons. The summed E-state index contributed by atoms with van der Waals surface area (Å²) in [7, 11) is -1.71. The Morgan fingerprint density at radius 2 is 2.17 bits per heavy atom. The lowest BCUT2D eigenvalue weighted by Crippen LogP contribution is -2.38. The molecule has 0 bridgehead atoms. The summed E-state index contributed by atoms with van der Waals surface area (Å²) >= 11 is 13.5. The summed E-state index contributed by atoms with van der Waals surface area (Å²) in [6, 6.07) is 4.63. The predicted octanol–water partition coefficient (Wildman–Crippen LogP) is 2.24. The topological polar surface area (TPSA) is 76.0 Å². The third-order valence-corrected chi connectivity index (χ3v) is 7.47. The lowest BCUT2D eigenvalue weighted by atomic mass is 10.2. The third-order valence-electron chi connectivity index (χ3n) is 3.72. The van der Waals surface area contributed by atoms with E-state index in [4.69, 9.17) is 27.9 Å². The molecular formula is C14H14Cl2N2O4S2. The second-order valence-corrected chi connectivity index (χ2v) is 9.69. The van der Waals surface area contributed by atoms with Gasteiger partial charge < -0.3 is 9.64 Å². The fraction of sp³-hybridized carbons (Fsp3) is 0.429. The second-order valence-electron chi connectivity index (χ2n) is 5.49. The molecule has 1 amide bonds. The van der Waals surface area contributed by atoms with Gasteiger partial charge in [0.25, 0.3) is 5.91 Å². The van der Waals surface area contributed by atoms with Gasteiger partial charge in [-0.25, -0.2) is 8.42 Å². The number of carbonyl (C=O) groups is 1. The molecule has 1 aromatic rings. The number of thioether (sulfide) groups is 1. The number of anilines is 1. The van der Waals surface area contributed by atoms with E-state index in [9.17, 15) is 13.2 Å². The average Bonchev–Trinajstić information content (AvgIpc) is 2.91. The molecule has 2 fully saturated rings. The van der Waals surface area contributed by atoms with E-state index < -0.39 is 15.7 Å². The summed E-state index contributed by atoms with van der Waals surface area (Å²) in [5.74, 6) is -0.374. The first-order valence-corrected chi connectivity index (χ1v) is 10.5. The Bertz CT molecular complexity index is 813. The number of carbonyl (C=O) groups excluding carboxylic acids is 1. The molecule has 0 spiro atoms. The number of fused-ring (bicyclic) bond motifs is 1. The van der Waals surface area contributed by atoms with Crippen LogP contribution < -0.4 is 4.90 Å². The van der Waals surface area contributed by atoms with Crippen LogP contribution in [0.4, 0.5) is 5.69 Å². The number of hydrogen-bond acceptors (Lipinski definition) is 5. The zero-order chi connectivity index (χ0) is 17.5. The molecule has 10 heteroatoms. The first-order valence-electron chi connectivity index (χ1n) is 7.02. The van der Waals surface area contributed by atoms with Gasteiger partial charge in [0, 0.05) is 17.4 Å². The second kappa shape index (κ2) is 6.84. The number of amidine groups is 1. The summed E-state index contributed by atoms with van der Waals surface area (Å²) in [5.41, 5.74) is 0.585. The minimum Gasteiger partial charge on any atom is -0.375 e. The van der Waals surface area contributed by atoms with Gasteiger partial charge in [-0.1, -0.05) is 35.0 Å². The zero-order valence-electron chi connectivity index (χ0n) is 12.6. The van der Waals surface area contributed by atoms with Crippen LogP contribution in [-0.4, -0.2) is 56.0 Å². The van der Waals surface area contributed by atoms with Crippen molar-refractivity contribution in [2.45, 2.75) is 11.3 Å². The van der Waals surface area contributed by atoms with Crippen LogP contribution in [0.1, 0.15) is 0 Å². The molecule has 130 valence electrons. The molecule has 2 saturated heterocycles. The fourth-order valence-electron chi connectivity index (χ4n) is 2.79. The molecule has 0 aliphatic carbocycles. The summed E-state index contributed by atoms with van der Waals surface area (Å²) in [4.78, 5) is 17.6. The van der Waals surface area contributed by atoms with E-state index in [-0.39, 0.29) is 29.4 Å². The maximum absolute atomic E-state index is 12.0. The molecule has 2 atom stereocenters. The Labute approximate surface area is 154 Å². The van der Waals surface area contributed by atoms with Crippen LogP contribution >= 0.6 is 35.0 Å². The quantitative estimate of drug-likeness (QED) is 0.762. The summed E-state index contributed by atoms with van der Waals surface area (Å²) < 4.78 is 28.7. The van der Waals surface area contributed by atoms with Crippen molar-refractivity contribution in [3.8, 4) is 0 Å². The summed E-state index contributed by atoms with van der Waals surface area (Å²) in [6.45, 7) is -0.139. The normalized spacial score (nSPS) is 26.8. The van der Waals surface area contributed by atoms with Gasteiger partial charge in [0.15, 0.2) is 15.0 Å². The predicted molar refractivity (Wildman–Crippen MR) is 97.1 cm³/mol. The van der Waals surface area contributed by atoms with E-state index in [1.165, 1.54) is 18.9 Å². The number of halogens is 2.